The van der Waals surface area contributed by atoms with Crippen molar-refractivity contribution in [2.75, 3.05) is 11.9 Å². The molecule has 1 atom stereocenters. The number of rotatable bonds is 5. The van der Waals surface area contributed by atoms with Crippen molar-refractivity contribution >= 4 is 11.7 Å². The molecule has 0 saturated heterocycles. The summed E-state index contributed by atoms with van der Waals surface area (Å²) < 4.78 is 71.2. The van der Waals surface area contributed by atoms with E-state index in [9.17, 15) is 26.7 Å². The normalized spacial score (nSPS) is 12.9. The molecule has 1 amide bonds. The van der Waals surface area contributed by atoms with E-state index in [2.05, 4.69) is 15.0 Å². The number of aromatic nitrogens is 1. The number of aryl methyl sites for hydroxylation is 1. The zero-order valence-corrected chi connectivity index (χ0v) is 12.2. The molecule has 0 radical (unpaired) electrons. The number of nitrogens with zero attached hydrogens (tertiary/aromatic N) is 1. The lowest BCUT2D eigenvalue weighted by Crippen LogP contribution is -2.39. The second-order valence-corrected chi connectivity index (χ2v) is 4.86. The highest BCUT2D eigenvalue weighted by Gasteiger charge is 2.43. The van der Waals surface area contributed by atoms with Gasteiger partial charge < -0.3 is 9.84 Å². The maximum Gasteiger partial charge on any atom is 0.408 e. The lowest BCUT2D eigenvalue weighted by Gasteiger charge is -2.22. The zero-order valence-electron chi connectivity index (χ0n) is 12.2. The summed E-state index contributed by atoms with van der Waals surface area (Å²) in [6, 6.07) is 1.04. The van der Waals surface area contributed by atoms with Gasteiger partial charge in [0.05, 0.1) is 6.54 Å². The van der Waals surface area contributed by atoms with E-state index >= 15 is 0 Å². The van der Waals surface area contributed by atoms with Gasteiger partial charge in [0.15, 0.2) is 5.82 Å². The molecule has 0 unspecified atom stereocenters. The van der Waals surface area contributed by atoms with E-state index in [1.165, 1.54) is 6.07 Å². The zero-order chi connectivity index (χ0) is 17.9. The van der Waals surface area contributed by atoms with Crippen LogP contribution in [0.3, 0.4) is 0 Å². The van der Waals surface area contributed by atoms with E-state index in [0.29, 0.717) is 17.9 Å². The third-order valence-electron chi connectivity index (χ3n) is 2.98. The number of carbonyl (C=O) groups excluding carboxylic acids is 1. The summed E-state index contributed by atoms with van der Waals surface area (Å²) in [5.41, 5.74) is -1.20. The fourth-order valence-corrected chi connectivity index (χ4v) is 1.98. The van der Waals surface area contributed by atoms with Crippen LogP contribution in [0.15, 0.2) is 28.8 Å². The number of halogens is 5. The van der Waals surface area contributed by atoms with Gasteiger partial charge in [0.25, 0.3) is 0 Å². The summed E-state index contributed by atoms with van der Waals surface area (Å²) in [7, 11) is 0. The van der Waals surface area contributed by atoms with E-state index in [-0.39, 0.29) is 5.82 Å². The Morgan fingerprint density at radius 1 is 1.29 bits per heavy atom. The van der Waals surface area contributed by atoms with Gasteiger partial charge in [0, 0.05) is 11.6 Å². The first kappa shape index (κ1) is 17.9. The highest BCUT2D eigenvalue weighted by molar-refractivity contribution is 5.91. The molecule has 24 heavy (non-hydrogen) atoms. The highest BCUT2D eigenvalue weighted by atomic mass is 19.4. The molecule has 1 aromatic heterocycles. The first-order valence-corrected chi connectivity index (χ1v) is 6.65. The van der Waals surface area contributed by atoms with Crippen molar-refractivity contribution in [3.8, 4) is 0 Å². The first-order valence-electron chi connectivity index (χ1n) is 6.65. The minimum Gasteiger partial charge on any atom is -0.360 e. The van der Waals surface area contributed by atoms with Gasteiger partial charge in [0.1, 0.15) is 23.4 Å². The third kappa shape index (κ3) is 4.28. The largest absolute Gasteiger partial charge is 0.408 e. The number of carbonyl (C=O) groups is 1. The average Bonchev–Trinajstić information content (AvgIpc) is 2.85. The van der Waals surface area contributed by atoms with Crippen molar-refractivity contribution < 1.29 is 31.3 Å². The summed E-state index contributed by atoms with van der Waals surface area (Å²) >= 11 is 0. The predicted molar refractivity (Wildman–Crippen MR) is 73.0 cm³/mol. The number of anilines is 1. The Balaban J connectivity index is 2.11. The van der Waals surface area contributed by atoms with E-state index in [0.717, 1.165) is 6.07 Å². The Bertz CT molecular complexity index is 709. The number of amides is 1. The number of alkyl halides is 3. The van der Waals surface area contributed by atoms with Gasteiger partial charge in [-0.15, -0.1) is 0 Å². The maximum absolute atomic E-state index is 13.6. The monoisotopic (exact) mass is 349 g/mol. The molecule has 0 spiro atoms. The first-order chi connectivity index (χ1) is 11.2. The number of hydrogen-bond acceptors (Lipinski definition) is 4. The molecular weight excluding hydrogens is 337 g/mol. The smallest absolute Gasteiger partial charge is 0.360 e. The van der Waals surface area contributed by atoms with Gasteiger partial charge in [-0.05, 0) is 19.1 Å². The molecule has 2 aromatic rings. The van der Waals surface area contributed by atoms with Crippen LogP contribution in [0.2, 0.25) is 0 Å². The van der Waals surface area contributed by atoms with E-state index in [4.69, 9.17) is 0 Å². The molecule has 0 saturated carbocycles. The van der Waals surface area contributed by atoms with E-state index in [1.807, 2.05) is 5.32 Å². The highest BCUT2D eigenvalue weighted by Crippen LogP contribution is 2.35. The molecule has 5 nitrogen and oxygen atoms in total. The number of benzene rings is 1. The Hall–Kier alpha value is -2.49. The van der Waals surface area contributed by atoms with Crippen molar-refractivity contribution in [1.29, 1.82) is 0 Å². The van der Waals surface area contributed by atoms with Crippen molar-refractivity contribution in [3.05, 3.63) is 47.2 Å². The minimum absolute atomic E-state index is 0.0138. The summed E-state index contributed by atoms with van der Waals surface area (Å²) in [4.78, 5) is 11.6. The van der Waals surface area contributed by atoms with Gasteiger partial charge in [-0.25, -0.2) is 8.78 Å². The molecule has 1 heterocycles. The molecule has 0 aliphatic heterocycles. The second-order valence-electron chi connectivity index (χ2n) is 4.86. The third-order valence-corrected chi connectivity index (χ3v) is 2.98. The summed E-state index contributed by atoms with van der Waals surface area (Å²) in [5.74, 6) is -3.20. The minimum atomic E-state index is -5.01. The van der Waals surface area contributed by atoms with Crippen molar-refractivity contribution in [2.24, 2.45) is 0 Å². The molecule has 130 valence electrons. The van der Waals surface area contributed by atoms with Crippen LogP contribution >= 0.6 is 0 Å². The Morgan fingerprint density at radius 2 is 1.92 bits per heavy atom. The molecule has 0 bridgehead atoms. The van der Waals surface area contributed by atoms with Gasteiger partial charge in [-0.2, -0.15) is 13.2 Å². The van der Waals surface area contributed by atoms with Gasteiger partial charge in [-0.1, -0.05) is 11.2 Å². The van der Waals surface area contributed by atoms with Crippen molar-refractivity contribution in [3.63, 3.8) is 0 Å². The van der Waals surface area contributed by atoms with E-state index in [1.54, 1.807) is 6.92 Å². The average molecular weight is 349 g/mol. The standard InChI is InChI=1S/C14H12F5N3O2/c1-7-5-10(22-24-7)21-11(23)6-20-13(14(17,18)19)12-8(15)3-2-4-9(12)16/h2-5,13,20H,6H2,1H3,(H,21,22,23)/t13-/m0/s1. The fourth-order valence-electron chi connectivity index (χ4n) is 1.98. The molecule has 0 aliphatic carbocycles. The van der Waals surface area contributed by atoms with E-state index < -0.39 is 41.9 Å². The van der Waals surface area contributed by atoms with Crippen molar-refractivity contribution in [2.45, 2.75) is 19.1 Å². The SMILES string of the molecule is Cc1cc(NC(=O)CN[C@@H](c2c(F)cccc2F)C(F)(F)F)no1. The Morgan fingerprint density at radius 3 is 2.42 bits per heavy atom. The lowest BCUT2D eigenvalue weighted by atomic mass is 10.0. The molecule has 2 N–H and O–H groups in total. The molecular formula is C14H12F5N3O2. The summed E-state index contributed by atoms with van der Waals surface area (Å²) in [6.45, 7) is 0.714. The van der Waals surface area contributed by atoms with Crippen LogP contribution in [0.25, 0.3) is 0 Å². The molecule has 0 fully saturated rings. The van der Waals surface area contributed by atoms with Crippen LogP contribution in [0, 0.1) is 18.6 Å². The van der Waals surface area contributed by atoms with Crippen LogP contribution in [0.4, 0.5) is 27.8 Å². The summed E-state index contributed by atoms with van der Waals surface area (Å²) in [5, 5.41) is 7.44. The van der Waals surface area contributed by atoms with Crippen LogP contribution < -0.4 is 10.6 Å². The van der Waals surface area contributed by atoms with Crippen LogP contribution in [-0.4, -0.2) is 23.8 Å². The summed E-state index contributed by atoms with van der Waals surface area (Å²) in [6.07, 6.45) is -5.01. The fraction of sp³-hybridized carbons (Fsp3) is 0.286. The molecule has 2 rings (SSSR count). The molecule has 1 aromatic carbocycles. The van der Waals surface area contributed by atoms with Gasteiger partial charge in [-0.3, -0.25) is 10.1 Å². The van der Waals surface area contributed by atoms with Gasteiger partial charge >= 0.3 is 6.18 Å². The van der Waals surface area contributed by atoms with Gasteiger partial charge in [0.2, 0.25) is 5.91 Å². The quantitative estimate of drug-likeness (QED) is 0.814. The van der Waals surface area contributed by atoms with Crippen LogP contribution in [-0.2, 0) is 4.79 Å². The molecule has 10 heteroatoms. The predicted octanol–water partition coefficient (Wildman–Crippen LogP) is 3.09. The molecule has 0 aliphatic rings. The number of nitrogens with one attached hydrogen (secondary N) is 2. The van der Waals surface area contributed by atoms with Crippen LogP contribution in [0.1, 0.15) is 17.4 Å². The second kappa shape index (κ2) is 6.95. The maximum atomic E-state index is 13.6. The lowest BCUT2D eigenvalue weighted by molar-refractivity contribution is -0.159. The van der Waals surface area contributed by atoms with Crippen LogP contribution in [0.5, 0.6) is 0 Å². The topological polar surface area (TPSA) is 67.2 Å². The Labute approximate surface area is 132 Å². The number of hydrogen-bond donors (Lipinski definition) is 2. The van der Waals surface area contributed by atoms with Crippen molar-refractivity contribution in [1.82, 2.24) is 10.5 Å². The Kier molecular flexibility index (Phi) is 5.17.